The van der Waals surface area contributed by atoms with Gasteiger partial charge in [-0.3, -0.25) is 14.5 Å². The Hall–Kier alpha value is -2.88. The van der Waals surface area contributed by atoms with Gasteiger partial charge in [-0.05, 0) is 12.1 Å². The fourth-order valence-corrected chi connectivity index (χ4v) is 3.08. The number of hydrogen-bond acceptors (Lipinski definition) is 6. The quantitative estimate of drug-likeness (QED) is 0.670. The zero-order valence-corrected chi connectivity index (χ0v) is 18.1. The predicted molar refractivity (Wildman–Crippen MR) is 117 cm³/mol. The Bertz CT molecular complexity index is 922. The van der Waals surface area contributed by atoms with Crippen molar-refractivity contribution in [3.63, 3.8) is 0 Å². The molecule has 0 radical (unpaired) electrons. The number of ether oxygens (including phenoxy) is 3. The first kappa shape index (κ1) is 24.4. The number of halogens is 2. The Morgan fingerprint density at radius 2 is 1.61 bits per heavy atom. The second-order valence-electron chi connectivity index (χ2n) is 6.62. The fourth-order valence-electron chi connectivity index (χ4n) is 3.08. The van der Waals surface area contributed by atoms with Crippen molar-refractivity contribution < 1.29 is 28.2 Å². The van der Waals surface area contributed by atoms with E-state index in [9.17, 15) is 14.0 Å². The van der Waals surface area contributed by atoms with Gasteiger partial charge in [0, 0.05) is 25.2 Å². The molecule has 1 saturated heterocycles. The summed E-state index contributed by atoms with van der Waals surface area (Å²) in [5.41, 5.74) is 0.590. The van der Waals surface area contributed by atoms with Crippen LogP contribution < -0.4 is 20.1 Å². The highest BCUT2D eigenvalue weighted by molar-refractivity contribution is 6.06. The first-order valence-corrected chi connectivity index (χ1v) is 9.43. The fraction of sp³-hybridized carbons (Fsp3) is 0.333. The standard InChI is InChI=1S/C21H24FN3O5.ClH/c1-28-18-12-17(24-21(27)14-5-3-4-6-15(14)22)19(29-2)11-16(18)23-20(26)13-25-7-9-30-10-8-25;/h3-6,11-12H,7-10,13H2,1-2H3,(H,23,26)(H,24,27);1H. The van der Waals surface area contributed by atoms with Crippen molar-refractivity contribution in [1.82, 2.24) is 4.90 Å². The van der Waals surface area contributed by atoms with Gasteiger partial charge < -0.3 is 24.8 Å². The molecule has 1 fully saturated rings. The van der Waals surface area contributed by atoms with Crippen LogP contribution in [0.4, 0.5) is 15.8 Å². The Morgan fingerprint density at radius 3 is 2.19 bits per heavy atom. The molecule has 0 spiro atoms. The smallest absolute Gasteiger partial charge is 0.258 e. The van der Waals surface area contributed by atoms with Gasteiger partial charge in [0.05, 0.1) is 50.9 Å². The molecule has 0 saturated carbocycles. The van der Waals surface area contributed by atoms with Gasteiger partial charge in [-0.1, -0.05) is 12.1 Å². The molecule has 168 valence electrons. The molecule has 10 heteroatoms. The van der Waals surface area contributed by atoms with Gasteiger partial charge in [-0.25, -0.2) is 4.39 Å². The Labute approximate surface area is 186 Å². The van der Waals surface area contributed by atoms with Gasteiger partial charge in [-0.2, -0.15) is 0 Å². The SMILES string of the molecule is COc1cc(NC(=O)c2ccccc2F)c(OC)cc1NC(=O)CN1CCOCC1.Cl. The van der Waals surface area contributed by atoms with Crippen LogP contribution in [0.3, 0.4) is 0 Å². The van der Waals surface area contributed by atoms with Crippen molar-refractivity contribution in [3.8, 4) is 11.5 Å². The maximum absolute atomic E-state index is 13.9. The number of nitrogens with one attached hydrogen (secondary N) is 2. The van der Waals surface area contributed by atoms with E-state index in [-0.39, 0.29) is 36.1 Å². The van der Waals surface area contributed by atoms with E-state index in [0.29, 0.717) is 43.5 Å². The lowest BCUT2D eigenvalue weighted by Crippen LogP contribution is -2.41. The van der Waals surface area contributed by atoms with Crippen LogP contribution in [0, 0.1) is 5.82 Å². The van der Waals surface area contributed by atoms with Crippen LogP contribution in [0.2, 0.25) is 0 Å². The van der Waals surface area contributed by atoms with E-state index < -0.39 is 11.7 Å². The van der Waals surface area contributed by atoms with Gasteiger partial charge in [0.1, 0.15) is 17.3 Å². The summed E-state index contributed by atoms with van der Waals surface area (Å²) < 4.78 is 29.9. The van der Waals surface area contributed by atoms with Crippen LogP contribution in [-0.2, 0) is 9.53 Å². The summed E-state index contributed by atoms with van der Waals surface area (Å²) in [6.45, 7) is 2.80. The summed E-state index contributed by atoms with van der Waals surface area (Å²) in [5, 5.41) is 5.43. The van der Waals surface area contributed by atoms with Crippen molar-refractivity contribution in [2.75, 3.05) is 57.7 Å². The molecule has 2 amide bonds. The van der Waals surface area contributed by atoms with Gasteiger partial charge in [0.25, 0.3) is 5.91 Å². The minimum atomic E-state index is -0.632. The number of carbonyl (C=O) groups excluding carboxylic acids is 2. The van der Waals surface area contributed by atoms with E-state index in [1.807, 2.05) is 4.90 Å². The normalized spacial score (nSPS) is 13.6. The van der Waals surface area contributed by atoms with E-state index in [2.05, 4.69) is 10.6 Å². The number of methoxy groups -OCH3 is 2. The number of anilines is 2. The summed E-state index contributed by atoms with van der Waals surface area (Å²) in [4.78, 5) is 26.9. The summed E-state index contributed by atoms with van der Waals surface area (Å²) in [6.07, 6.45) is 0. The van der Waals surface area contributed by atoms with Crippen LogP contribution >= 0.6 is 12.4 Å². The second kappa shape index (κ2) is 11.5. The second-order valence-corrected chi connectivity index (χ2v) is 6.62. The molecule has 0 aromatic heterocycles. The molecule has 8 nitrogen and oxygen atoms in total. The molecule has 1 aliphatic rings. The third-order valence-corrected chi connectivity index (χ3v) is 4.63. The van der Waals surface area contributed by atoms with Crippen LogP contribution in [0.5, 0.6) is 11.5 Å². The van der Waals surface area contributed by atoms with E-state index in [1.54, 1.807) is 12.1 Å². The van der Waals surface area contributed by atoms with E-state index in [1.165, 1.54) is 38.5 Å². The average molecular weight is 454 g/mol. The number of morpholine rings is 1. The molecule has 2 N–H and O–H groups in total. The largest absolute Gasteiger partial charge is 0.494 e. The number of carbonyl (C=O) groups is 2. The number of benzene rings is 2. The highest BCUT2D eigenvalue weighted by atomic mass is 35.5. The van der Waals surface area contributed by atoms with Crippen LogP contribution in [0.1, 0.15) is 10.4 Å². The molecule has 31 heavy (non-hydrogen) atoms. The van der Waals surface area contributed by atoms with Crippen LogP contribution in [0.15, 0.2) is 36.4 Å². The Morgan fingerprint density at radius 1 is 1.03 bits per heavy atom. The number of hydrogen-bond donors (Lipinski definition) is 2. The van der Waals surface area contributed by atoms with Crippen LogP contribution in [-0.4, -0.2) is 63.8 Å². The minimum absolute atomic E-state index is 0. The summed E-state index contributed by atoms with van der Waals surface area (Å²) in [7, 11) is 2.88. The average Bonchev–Trinajstić information content (AvgIpc) is 2.75. The van der Waals surface area contributed by atoms with Gasteiger partial charge in [0.2, 0.25) is 5.91 Å². The molecular formula is C21H25ClFN3O5. The first-order chi connectivity index (χ1) is 14.5. The Kier molecular flexibility index (Phi) is 9.04. The third-order valence-electron chi connectivity index (χ3n) is 4.63. The maximum Gasteiger partial charge on any atom is 0.258 e. The van der Waals surface area contributed by atoms with Crippen molar-refractivity contribution in [1.29, 1.82) is 0 Å². The van der Waals surface area contributed by atoms with E-state index in [4.69, 9.17) is 14.2 Å². The Balaban J connectivity index is 0.00000341. The van der Waals surface area contributed by atoms with Crippen molar-refractivity contribution in [2.45, 2.75) is 0 Å². The monoisotopic (exact) mass is 453 g/mol. The minimum Gasteiger partial charge on any atom is -0.494 e. The molecule has 3 rings (SSSR count). The number of nitrogens with zero attached hydrogens (tertiary/aromatic N) is 1. The van der Waals surface area contributed by atoms with E-state index in [0.717, 1.165) is 0 Å². The molecule has 2 aromatic rings. The highest BCUT2D eigenvalue weighted by Crippen LogP contribution is 2.36. The molecule has 0 atom stereocenters. The van der Waals surface area contributed by atoms with Gasteiger partial charge >= 0.3 is 0 Å². The van der Waals surface area contributed by atoms with Crippen molar-refractivity contribution >= 4 is 35.6 Å². The lowest BCUT2D eigenvalue weighted by molar-refractivity contribution is -0.118. The van der Waals surface area contributed by atoms with Gasteiger partial charge in [-0.15, -0.1) is 12.4 Å². The summed E-state index contributed by atoms with van der Waals surface area (Å²) >= 11 is 0. The molecule has 0 aliphatic carbocycles. The molecule has 1 heterocycles. The number of rotatable bonds is 7. The molecule has 1 aliphatic heterocycles. The van der Waals surface area contributed by atoms with Crippen LogP contribution in [0.25, 0.3) is 0 Å². The number of amides is 2. The third kappa shape index (κ3) is 6.30. The zero-order valence-electron chi connectivity index (χ0n) is 17.3. The van der Waals surface area contributed by atoms with E-state index >= 15 is 0 Å². The van der Waals surface area contributed by atoms with Crippen molar-refractivity contribution in [2.24, 2.45) is 0 Å². The predicted octanol–water partition coefficient (Wildman–Crippen LogP) is 2.79. The molecular weight excluding hydrogens is 429 g/mol. The zero-order chi connectivity index (χ0) is 21.5. The molecule has 2 aromatic carbocycles. The summed E-state index contributed by atoms with van der Waals surface area (Å²) in [6, 6.07) is 8.73. The van der Waals surface area contributed by atoms with Crippen molar-refractivity contribution in [3.05, 3.63) is 47.8 Å². The topological polar surface area (TPSA) is 89.1 Å². The lowest BCUT2D eigenvalue weighted by Gasteiger charge is -2.26. The molecule has 0 bridgehead atoms. The van der Waals surface area contributed by atoms with Gasteiger partial charge in [0.15, 0.2) is 0 Å². The first-order valence-electron chi connectivity index (χ1n) is 9.43. The maximum atomic E-state index is 13.9. The highest BCUT2D eigenvalue weighted by Gasteiger charge is 2.19. The summed E-state index contributed by atoms with van der Waals surface area (Å²) in [5.74, 6) is -0.844. The lowest BCUT2D eigenvalue weighted by atomic mass is 10.1. The molecule has 0 unspecified atom stereocenters.